The van der Waals surface area contributed by atoms with Crippen LogP contribution >= 0.6 is 27.7 Å². The molecular weight excluding hydrogens is 310 g/mol. The average molecular weight is 334 g/mol. The van der Waals surface area contributed by atoms with Gasteiger partial charge in [-0.3, -0.25) is 4.68 Å². The molecule has 0 aliphatic carbocycles. The van der Waals surface area contributed by atoms with Crippen molar-refractivity contribution in [1.82, 2.24) is 15.1 Å². The van der Waals surface area contributed by atoms with Gasteiger partial charge in [0.2, 0.25) is 0 Å². The van der Waals surface area contributed by atoms with Gasteiger partial charge in [0.1, 0.15) is 0 Å². The Labute approximate surface area is 123 Å². The van der Waals surface area contributed by atoms with E-state index in [9.17, 15) is 0 Å². The molecule has 1 heterocycles. The van der Waals surface area contributed by atoms with Crippen LogP contribution in [0.3, 0.4) is 0 Å². The minimum atomic E-state index is 0.367. The van der Waals surface area contributed by atoms with E-state index in [2.05, 4.69) is 58.7 Å². The minimum absolute atomic E-state index is 0.367. The Morgan fingerprint density at radius 3 is 2.72 bits per heavy atom. The maximum absolute atomic E-state index is 4.46. The lowest BCUT2D eigenvalue weighted by Gasteiger charge is -2.20. The molecule has 0 amide bonds. The number of halogens is 1. The molecule has 0 saturated heterocycles. The van der Waals surface area contributed by atoms with Gasteiger partial charge < -0.3 is 5.32 Å². The van der Waals surface area contributed by atoms with Crippen LogP contribution in [0.25, 0.3) is 0 Å². The average Bonchev–Trinajstić information content (AvgIpc) is 2.67. The summed E-state index contributed by atoms with van der Waals surface area (Å²) in [7, 11) is 0. The van der Waals surface area contributed by atoms with Gasteiger partial charge in [-0.1, -0.05) is 27.7 Å². The summed E-state index contributed by atoms with van der Waals surface area (Å²) in [5.74, 6) is 1.08. The van der Waals surface area contributed by atoms with Gasteiger partial charge in [-0.05, 0) is 34.1 Å². The molecule has 0 saturated carbocycles. The zero-order valence-electron chi connectivity index (χ0n) is 11.7. The first-order valence-corrected chi connectivity index (χ1v) is 8.50. The molecule has 1 rings (SSSR count). The summed E-state index contributed by atoms with van der Waals surface area (Å²) < 4.78 is 3.24. The first-order valence-electron chi connectivity index (χ1n) is 6.66. The lowest BCUT2D eigenvalue weighted by atomic mass is 10.2. The second-order valence-electron chi connectivity index (χ2n) is 4.59. The highest BCUT2D eigenvalue weighted by Crippen LogP contribution is 2.27. The van der Waals surface area contributed by atoms with Crippen molar-refractivity contribution in [2.24, 2.45) is 0 Å². The van der Waals surface area contributed by atoms with Gasteiger partial charge in [-0.15, -0.1) is 0 Å². The number of hydrogen-bond donors (Lipinski definition) is 1. The maximum Gasteiger partial charge on any atom is 0.0704 e. The van der Waals surface area contributed by atoms with E-state index >= 15 is 0 Å². The molecule has 3 nitrogen and oxygen atoms in total. The van der Waals surface area contributed by atoms with E-state index in [1.165, 1.54) is 5.69 Å². The SMILES string of the molecule is CCCn1ncc(Br)c1C(CSC(C)C)NCC. The summed E-state index contributed by atoms with van der Waals surface area (Å²) in [4.78, 5) is 0. The molecule has 1 aromatic rings. The van der Waals surface area contributed by atoms with Crippen molar-refractivity contribution in [2.75, 3.05) is 12.3 Å². The topological polar surface area (TPSA) is 29.9 Å². The van der Waals surface area contributed by atoms with Crippen LogP contribution in [0.1, 0.15) is 45.9 Å². The standard InChI is InChI=1S/C13H24BrN3S/c1-5-7-17-13(11(14)8-16-17)12(15-6-2)9-18-10(3)4/h8,10,12,15H,5-7,9H2,1-4H3. The minimum Gasteiger partial charge on any atom is -0.308 e. The predicted molar refractivity (Wildman–Crippen MR) is 84.2 cm³/mol. The fourth-order valence-electron chi connectivity index (χ4n) is 1.88. The first kappa shape index (κ1) is 16.1. The molecule has 0 fully saturated rings. The quantitative estimate of drug-likeness (QED) is 0.783. The van der Waals surface area contributed by atoms with Crippen LogP contribution in [0, 0.1) is 0 Å². The Morgan fingerprint density at radius 1 is 1.44 bits per heavy atom. The van der Waals surface area contributed by atoms with Gasteiger partial charge in [0, 0.05) is 12.3 Å². The number of aromatic nitrogens is 2. The van der Waals surface area contributed by atoms with Crippen LogP contribution in [0.15, 0.2) is 10.7 Å². The molecule has 1 N–H and O–H groups in total. The third kappa shape index (κ3) is 4.59. The number of nitrogens with one attached hydrogen (secondary N) is 1. The molecule has 0 bridgehead atoms. The van der Waals surface area contributed by atoms with E-state index in [0.29, 0.717) is 11.3 Å². The zero-order valence-corrected chi connectivity index (χ0v) is 14.1. The Balaban J connectivity index is 2.85. The van der Waals surface area contributed by atoms with Crippen molar-refractivity contribution in [2.45, 2.75) is 52.0 Å². The molecule has 5 heteroatoms. The van der Waals surface area contributed by atoms with E-state index in [4.69, 9.17) is 0 Å². The Bertz CT molecular complexity index is 352. The van der Waals surface area contributed by atoms with Crippen molar-refractivity contribution in [3.8, 4) is 0 Å². The summed E-state index contributed by atoms with van der Waals surface area (Å²) in [5.41, 5.74) is 1.28. The fourth-order valence-corrected chi connectivity index (χ4v) is 3.30. The van der Waals surface area contributed by atoms with Crippen LogP contribution in [0.4, 0.5) is 0 Å². The molecule has 0 spiro atoms. The summed E-state index contributed by atoms with van der Waals surface area (Å²) in [6.45, 7) is 10.8. The van der Waals surface area contributed by atoms with Crippen LogP contribution in [-0.2, 0) is 6.54 Å². The summed E-state index contributed by atoms with van der Waals surface area (Å²) in [6.07, 6.45) is 3.02. The van der Waals surface area contributed by atoms with E-state index < -0.39 is 0 Å². The highest BCUT2D eigenvalue weighted by molar-refractivity contribution is 9.10. The van der Waals surface area contributed by atoms with Gasteiger partial charge in [0.15, 0.2) is 0 Å². The van der Waals surface area contributed by atoms with Crippen LogP contribution in [-0.4, -0.2) is 27.3 Å². The second kappa shape index (κ2) is 8.23. The molecule has 0 radical (unpaired) electrons. The maximum atomic E-state index is 4.46. The molecular formula is C13H24BrN3S. The van der Waals surface area contributed by atoms with Crippen molar-refractivity contribution < 1.29 is 0 Å². The second-order valence-corrected chi connectivity index (χ2v) is 7.06. The monoisotopic (exact) mass is 333 g/mol. The van der Waals surface area contributed by atoms with Crippen molar-refractivity contribution >= 4 is 27.7 Å². The normalized spacial score (nSPS) is 13.2. The predicted octanol–water partition coefficient (Wildman–Crippen LogP) is 3.85. The van der Waals surface area contributed by atoms with Crippen molar-refractivity contribution in [3.63, 3.8) is 0 Å². The van der Waals surface area contributed by atoms with Crippen LogP contribution in [0.5, 0.6) is 0 Å². The van der Waals surface area contributed by atoms with Gasteiger partial charge in [0.05, 0.1) is 22.4 Å². The van der Waals surface area contributed by atoms with Crippen LogP contribution in [0.2, 0.25) is 0 Å². The van der Waals surface area contributed by atoms with E-state index in [-0.39, 0.29) is 0 Å². The molecule has 1 aromatic heterocycles. The Morgan fingerprint density at radius 2 is 2.17 bits per heavy atom. The van der Waals surface area contributed by atoms with Crippen LogP contribution < -0.4 is 5.32 Å². The van der Waals surface area contributed by atoms with Gasteiger partial charge in [-0.25, -0.2) is 0 Å². The summed E-state index contributed by atoms with van der Waals surface area (Å²) in [6, 6.07) is 0.367. The van der Waals surface area contributed by atoms with E-state index in [0.717, 1.165) is 29.7 Å². The van der Waals surface area contributed by atoms with Gasteiger partial charge in [-0.2, -0.15) is 16.9 Å². The highest BCUT2D eigenvalue weighted by atomic mass is 79.9. The third-order valence-electron chi connectivity index (χ3n) is 2.65. The van der Waals surface area contributed by atoms with E-state index in [1.54, 1.807) is 0 Å². The van der Waals surface area contributed by atoms with Gasteiger partial charge in [0.25, 0.3) is 0 Å². The number of rotatable bonds is 8. The largest absolute Gasteiger partial charge is 0.308 e. The lowest BCUT2D eigenvalue weighted by Crippen LogP contribution is -2.26. The van der Waals surface area contributed by atoms with Gasteiger partial charge >= 0.3 is 0 Å². The van der Waals surface area contributed by atoms with Crippen molar-refractivity contribution in [3.05, 3.63) is 16.4 Å². The smallest absolute Gasteiger partial charge is 0.0704 e. The molecule has 18 heavy (non-hydrogen) atoms. The zero-order chi connectivity index (χ0) is 13.5. The third-order valence-corrected chi connectivity index (χ3v) is 4.45. The summed E-state index contributed by atoms with van der Waals surface area (Å²) in [5, 5.41) is 8.68. The Kier molecular flexibility index (Phi) is 7.34. The molecule has 1 unspecified atom stereocenters. The van der Waals surface area contributed by atoms with Crippen molar-refractivity contribution in [1.29, 1.82) is 0 Å². The number of thioether (sulfide) groups is 1. The Hall–Kier alpha value is -0.0000000000000000763. The molecule has 0 aliphatic heterocycles. The molecule has 104 valence electrons. The summed E-state index contributed by atoms with van der Waals surface area (Å²) >= 11 is 5.62. The fraction of sp³-hybridized carbons (Fsp3) is 0.769. The lowest BCUT2D eigenvalue weighted by molar-refractivity contribution is 0.506. The molecule has 0 aliphatic rings. The molecule has 1 atom stereocenters. The number of nitrogens with zero attached hydrogens (tertiary/aromatic N) is 2. The first-order chi connectivity index (χ1) is 8.60. The number of aryl methyl sites for hydroxylation is 1. The number of hydrogen-bond acceptors (Lipinski definition) is 3. The highest BCUT2D eigenvalue weighted by Gasteiger charge is 2.19. The van der Waals surface area contributed by atoms with E-state index in [1.807, 2.05) is 18.0 Å². The molecule has 0 aromatic carbocycles.